The van der Waals surface area contributed by atoms with Gasteiger partial charge < -0.3 is 10.1 Å². The second kappa shape index (κ2) is 6.43. The molecule has 0 radical (unpaired) electrons. The SMILES string of the molecule is CCSc1ccc(C(NC)C2CCOC2)cc1. The molecule has 1 heterocycles. The Morgan fingerprint density at radius 2 is 2.18 bits per heavy atom. The standard InChI is InChI=1S/C14H21NOS/c1-3-17-13-6-4-11(5-7-13)14(15-2)12-8-9-16-10-12/h4-7,12,14-15H,3,8-10H2,1-2H3. The van der Waals surface area contributed by atoms with Gasteiger partial charge in [0.1, 0.15) is 0 Å². The van der Waals surface area contributed by atoms with Crippen LogP contribution in [-0.4, -0.2) is 26.0 Å². The Balaban J connectivity index is 2.07. The molecule has 17 heavy (non-hydrogen) atoms. The Morgan fingerprint density at radius 3 is 2.71 bits per heavy atom. The molecule has 0 aromatic heterocycles. The van der Waals surface area contributed by atoms with E-state index < -0.39 is 0 Å². The van der Waals surface area contributed by atoms with Gasteiger partial charge in [-0.15, -0.1) is 11.8 Å². The zero-order valence-electron chi connectivity index (χ0n) is 10.6. The maximum absolute atomic E-state index is 5.48. The maximum Gasteiger partial charge on any atom is 0.0513 e. The molecule has 1 N–H and O–H groups in total. The van der Waals surface area contributed by atoms with Crippen molar-refractivity contribution in [3.63, 3.8) is 0 Å². The summed E-state index contributed by atoms with van der Waals surface area (Å²) in [5, 5.41) is 3.42. The number of hydrogen-bond donors (Lipinski definition) is 1. The molecule has 2 nitrogen and oxygen atoms in total. The van der Waals surface area contributed by atoms with Gasteiger partial charge in [-0.05, 0) is 36.9 Å². The van der Waals surface area contributed by atoms with Crippen LogP contribution in [-0.2, 0) is 4.74 Å². The molecule has 3 heteroatoms. The minimum Gasteiger partial charge on any atom is -0.381 e. The van der Waals surface area contributed by atoms with Gasteiger partial charge in [-0.3, -0.25) is 0 Å². The first-order chi connectivity index (χ1) is 8.35. The van der Waals surface area contributed by atoms with Crippen molar-refractivity contribution in [2.24, 2.45) is 5.92 Å². The van der Waals surface area contributed by atoms with Crippen molar-refractivity contribution in [1.82, 2.24) is 5.32 Å². The molecule has 94 valence electrons. The van der Waals surface area contributed by atoms with Crippen LogP contribution in [0.15, 0.2) is 29.2 Å². The zero-order valence-corrected chi connectivity index (χ0v) is 11.4. The van der Waals surface area contributed by atoms with E-state index in [2.05, 4.69) is 36.5 Å². The van der Waals surface area contributed by atoms with E-state index in [-0.39, 0.29) is 0 Å². The normalized spacial score (nSPS) is 21.6. The van der Waals surface area contributed by atoms with Crippen molar-refractivity contribution in [2.45, 2.75) is 24.3 Å². The smallest absolute Gasteiger partial charge is 0.0513 e. The van der Waals surface area contributed by atoms with E-state index in [4.69, 9.17) is 4.74 Å². The molecule has 1 saturated heterocycles. The van der Waals surface area contributed by atoms with Gasteiger partial charge in [0.15, 0.2) is 0 Å². The predicted octanol–water partition coefficient (Wildman–Crippen LogP) is 3.10. The molecule has 2 rings (SSSR count). The summed E-state index contributed by atoms with van der Waals surface area (Å²) in [6.45, 7) is 3.98. The summed E-state index contributed by atoms with van der Waals surface area (Å²) in [7, 11) is 2.04. The van der Waals surface area contributed by atoms with Crippen LogP contribution >= 0.6 is 11.8 Å². The Hall–Kier alpha value is -0.510. The minimum absolute atomic E-state index is 0.429. The fourth-order valence-electron chi connectivity index (χ4n) is 2.43. The highest BCUT2D eigenvalue weighted by atomic mass is 32.2. The third-order valence-corrected chi connectivity index (χ3v) is 4.19. The first-order valence-corrected chi connectivity index (χ1v) is 7.31. The van der Waals surface area contributed by atoms with Gasteiger partial charge >= 0.3 is 0 Å². The third kappa shape index (κ3) is 3.24. The van der Waals surface area contributed by atoms with Crippen LogP contribution in [0.1, 0.15) is 24.9 Å². The Kier molecular flexibility index (Phi) is 4.89. The van der Waals surface area contributed by atoms with Crippen LogP contribution in [0.2, 0.25) is 0 Å². The van der Waals surface area contributed by atoms with Crippen LogP contribution in [0, 0.1) is 5.92 Å². The maximum atomic E-state index is 5.48. The minimum atomic E-state index is 0.429. The van der Waals surface area contributed by atoms with Gasteiger partial charge in [-0.1, -0.05) is 19.1 Å². The van der Waals surface area contributed by atoms with Gasteiger partial charge in [-0.25, -0.2) is 0 Å². The van der Waals surface area contributed by atoms with Crippen molar-refractivity contribution >= 4 is 11.8 Å². The number of hydrogen-bond acceptors (Lipinski definition) is 3. The van der Waals surface area contributed by atoms with E-state index in [1.165, 1.54) is 10.5 Å². The lowest BCUT2D eigenvalue weighted by molar-refractivity contribution is 0.178. The topological polar surface area (TPSA) is 21.3 Å². The van der Waals surface area contributed by atoms with Gasteiger partial charge in [0.2, 0.25) is 0 Å². The Labute approximate surface area is 108 Å². The molecule has 0 saturated carbocycles. The van der Waals surface area contributed by atoms with Crippen LogP contribution < -0.4 is 5.32 Å². The lowest BCUT2D eigenvalue weighted by Crippen LogP contribution is -2.25. The molecule has 1 fully saturated rings. The predicted molar refractivity (Wildman–Crippen MR) is 73.6 cm³/mol. The molecule has 2 unspecified atom stereocenters. The summed E-state index contributed by atoms with van der Waals surface area (Å²) in [4.78, 5) is 1.36. The molecule has 0 aliphatic carbocycles. The summed E-state index contributed by atoms with van der Waals surface area (Å²) in [6.07, 6.45) is 1.16. The van der Waals surface area contributed by atoms with E-state index >= 15 is 0 Å². The summed E-state index contributed by atoms with van der Waals surface area (Å²) in [5.74, 6) is 1.75. The number of benzene rings is 1. The van der Waals surface area contributed by atoms with E-state index in [1.54, 1.807) is 0 Å². The highest BCUT2D eigenvalue weighted by molar-refractivity contribution is 7.99. The molecular formula is C14H21NOS. The average molecular weight is 251 g/mol. The Morgan fingerprint density at radius 1 is 1.41 bits per heavy atom. The van der Waals surface area contributed by atoms with E-state index in [1.807, 2.05) is 18.8 Å². The fourth-order valence-corrected chi connectivity index (χ4v) is 3.09. The van der Waals surface area contributed by atoms with Crippen molar-refractivity contribution < 1.29 is 4.74 Å². The molecule has 1 aliphatic heterocycles. The summed E-state index contributed by atoms with van der Waals surface area (Å²) >= 11 is 1.89. The van der Waals surface area contributed by atoms with Crippen LogP contribution in [0.5, 0.6) is 0 Å². The van der Waals surface area contributed by atoms with Crippen LogP contribution in [0.4, 0.5) is 0 Å². The molecule has 0 bridgehead atoms. The molecule has 1 aromatic carbocycles. The molecule has 0 amide bonds. The quantitative estimate of drug-likeness (QED) is 0.813. The van der Waals surface area contributed by atoms with Crippen molar-refractivity contribution in [1.29, 1.82) is 0 Å². The number of ether oxygens (including phenoxy) is 1. The number of thioether (sulfide) groups is 1. The summed E-state index contributed by atoms with van der Waals surface area (Å²) in [5.41, 5.74) is 1.38. The third-order valence-electron chi connectivity index (χ3n) is 3.30. The lowest BCUT2D eigenvalue weighted by Gasteiger charge is -2.22. The second-order valence-electron chi connectivity index (χ2n) is 4.39. The Bertz CT molecular complexity index is 333. The highest BCUT2D eigenvalue weighted by Gasteiger charge is 2.25. The van der Waals surface area contributed by atoms with Crippen LogP contribution in [0.3, 0.4) is 0 Å². The monoisotopic (exact) mass is 251 g/mol. The lowest BCUT2D eigenvalue weighted by atomic mass is 9.92. The van der Waals surface area contributed by atoms with E-state index in [0.29, 0.717) is 12.0 Å². The molecule has 1 aliphatic rings. The number of rotatable bonds is 5. The van der Waals surface area contributed by atoms with Crippen molar-refractivity contribution in [3.05, 3.63) is 29.8 Å². The molecule has 2 atom stereocenters. The van der Waals surface area contributed by atoms with E-state index in [9.17, 15) is 0 Å². The largest absolute Gasteiger partial charge is 0.381 e. The van der Waals surface area contributed by atoms with Crippen molar-refractivity contribution in [2.75, 3.05) is 26.0 Å². The average Bonchev–Trinajstić information content (AvgIpc) is 2.86. The summed E-state index contributed by atoms with van der Waals surface area (Å²) in [6, 6.07) is 9.38. The van der Waals surface area contributed by atoms with Gasteiger partial charge in [-0.2, -0.15) is 0 Å². The second-order valence-corrected chi connectivity index (χ2v) is 5.73. The first kappa shape index (κ1) is 12.9. The highest BCUT2D eigenvalue weighted by Crippen LogP contribution is 2.29. The summed E-state index contributed by atoms with van der Waals surface area (Å²) < 4.78 is 5.48. The van der Waals surface area contributed by atoms with E-state index in [0.717, 1.165) is 25.4 Å². The number of nitrogens with one attached hydrogen (secondary N) is 1. The fraction of sp³-hybridized carbons (Fsp3) is 0.571. The van der Waals surface area contributed by atoms with Gasteiger partial charge in [0, 0.05) is 23.5 Å². The molecule has 0 spiro atoms. The zero-order chi connectivity index (χ0) is 12.1. The van der Waals surface area contributed by atoms with Crippen LogP contribution in [0.25, 0.3) is 0 Å². The molecule has 1 aromatic rings. The van der Waals surface area contributed by atoms with Gasteiger partial charge in [0.05, 0.1) is 6.61 Å². The molecular weight excluding hydrogens is 230 g/mol. The van der Waals surface area contributed by atoms with Gasteiger partial charge in [0.25, 0.3) is 0 Å². The first-order valence-electron chi connectivity index (χ1n) is 6.33. The van der Waals surface area contributed by atoms with Crippen molar-refractivity contribution in [3.8, 4) is 0 Å².